The summed E-state index contributed by atoms with van der Waals surface area (Å²) in [4.78, 5) is 0. The Hall–Kier alpha value is 0.439. The van der Waals surface area contributed by atoms with Crippen molar-refractivity contribution < 1.29 is 17.1 Å². The summed E-state index contributed by atoms with van der Waals surface area (Å²) in [5, 5.41) is 0. The molecule has 0 aliphatic carbocycles. The topological polar surface area (TPSA) is 47.6 Å². The van der Waals surface area contributed by atoms with E-state index in [2.05, 4.69) is 0 Å². The van der Waals surface area contributed by atoms with E-state index in [1.54, 1.807) is 0 Å². The standard InChI is InChI=1S/C2H6N2.Fe/c3-1-2-4;/h3-4H,1-2H2;/q-2;+2. The van der Waals surface area contributed by atoms with Crippen LogP contribution in [0, 0.1) is 0 Å². The van der Waals surface area contributed by atoms with Gasteiger partial charge in [-0.15, -0.1) is 0 Å². The fourth-order valence-electron chi connectivity index (χ4n) is 0. The molecule has 2 nitrogen and oxygen atoms in total. The van der Waals surface area contributed by atoms with Gasteiger partial charge in [-0.25, -0.2) is 0 Å². The predicted octanol–water partition coefficient (Wildman–Crippen LogP) is 1.09. The molecule has 0 atom stereocenters. The Balaban J connectivity index is 0. The van der Waals surface area contributed by atoms with E-state index in [0.717, 1.165) is 0 Å². The summed E-state index contributed by atoms with van der Waals surface area (Å²) in [6.45, 7) is 0.472. The van der Waals surface area contributed by atoms with Gasteiger partial charge >= 0.3 is 17.1 Å². The molecule has 0 spiro atoms. The first-order valence-corrected chi connectivity index (χ1v) is 1.21. The molecule has 0 bridgehead atoms. The third-order valence-electron chi connectivity index (χ3n) is 0.125. The maximum absolute atomic E-state index is 6.26. The molecule has 0 aliphatic heterocycles. The van der Waals surface area contributed by atoms with E-state index in [-0.39, 0.29) is 30.2 Å². The van der Waals surface area contributed by atoms with Crippen LogP contribution in [-0.2, 0) is 17.1 Å². The molecule has 0 amide bonds. The maximum atomic E-state index is 6.26. The molecule has 0 rings (SSSR count). The molecule has 0 saturated heterocycles. The molecular formula is C2H6FeN2. The Labute approximate surface area is 42.4 Å². The van der Waals surface area contributed by atoms with E-state index in [4.69, 9.17) is 11.5 Å². The zero-order chi connectivity index (χ0) is 3.41. The van der Waals surface area contributed by atoms with Gasteiger partial charge in [-0.05, 0) is 0 Å². The Bertz CT molecular complexity index is 9.61. The van der Waals surface area contributed by atoms with Gasteiger partial charge in [0, 0.05) is 0 Å². The number of hydrogen-bond acceptors (Lipinski definition) is 0. The minimum atomic E-state index is 0. The summed E-state index contributed by atoms with van der Waals surface area (Å²) in [6, 6.07) is 0. The normalized spacial score (nSPS) is 6.00. The first-order chi connectivity index (χ1) is 1.91. The zero-order valence-electron chi connectivity index (χ0n) is 2.77. The molecule has 0 aromatic carbocycles. The van der Waals surface area contributed by atoms with Gasteiger partial charge in [0.2, 0.25) is 0 Å². The number of rotatable bonds is 1. The van der Waals surface area contributed by atoms with Crippen LogP contribution in [0.2, 0.25) is 0 Å². The quantitative estimate of drug-likeness (QED) is 0.458. The molecule has 2 N–H and O–H groups in total. The smallest absolute Gasteiger partial charge is 0.679 e. The van der Waals surface area contributed by atoms with Crippen molar-refractivity contribution in [1.82, 2.24) is 0 Å². The van der Waals surface area contributed by atoms with Crippen molar-refractivity contribution in [2.75, 3.05) is 13.1 Å². The average molecular weight is 114 g/mol. The van der Waals surface area contributed by atoms with Gasteiger partial charge < -0.3 is 11.5 Å². The Kier molecular flexibility index (Phi) is 16.0. The molecule has 0 heterocycles. The molecule has 0 fully saturated rings. The zero-order valence-corrected chi connectivity index (χ0v) is 3.87. The van der Waals surface area contributed by atoms with Crippen LogP contribution < -0.4 is 0 Å². The first kappa shape index (κ1) is 9.06. The van der Waals surface area contributed by atoms with Crippen LogP contribution in [0.4, 0.5) is 0 Å². The number of hydrogen-bond donors (Lipinski definition) is 0. The first-order valence-electron chi connectivity index (χ1n) is 1.21. The van der Waals surface area contributed by atoms with Gasteiger partial charge in [-0.1, -0.05) is 0 Å². The van der Waals surface area contributed by atoms with E-state index in [9.17, 15) is 0 Å². The van der Waals surface area contributed by atoms with Crippen LogP contribution in [0.25, 0.3) is 11.5 Å². The molecule has 0 saturated carbocycles. The molecule has 0 unspecified atom stereocenters. The van der Waals surface area contributed by atoms with E-state index in [0.29, 0.717) is 0 Å². The second kappa shape index (κ2) is 8.83. The van der Waals surface area contributed by atoms with Crippen molar-refractivity contribution in [3.8, 4) is 0 Å². The fraction of sp³-hybridized carbons (Fsp3) is 1.00. The summed E-state index contributed by atoms with van der Waals surface area (Å²) in [5.74, 6) is 0. The van der Waals surface area contributed by atoms with Crippen molar-refractivity contribution in [2.45, 2.75) is 0 Å². The summed E-state index contributed by atoms with van der Waals surface area (Å²) in [5.41, 5.74) is 12.5. The van der Waals surface area contributed by atoms with Gasteiger partial charge in [-0.3, -0.25) is 0 Å². The summed E-state index contributed by atoms with van der Waals surface area (Å²) < 4.78 is 0. The van der Waals surface area contributed by atoms with Crippen molar-refractivity contribution in [3.63, 3.8) is 0 Å². The Morgan fingerprint density at radius 1 is 1.00 bits per heavy atom. The van der Waals surface area contributed by atoms with E-state index in [1.165, 1.54) is 0 Å². The van der Waals surface area contributed by atoms with Crippen LogP contribution in [0.1, 0.15) is 0 Å². The molecule has 0 aliphatic rings. The molecule has 3 heteroatoms. The van der Waals surface area contributed by atoms with Crippen LogP contribution in [0.5, 0.6) is 0 Å². The van der Waals surface area contributed by atoms with Gasteiger partial charge in [0.25, 0.3) is 0 Å². The SMILES string of the molecule is [Fe+2].[NH-]CC[NH-]. The van der Waals surface area contributed by atoms with E-state index < -0.39 is 0 Å². The van der Waals surface area contributed by atoms with Crippen molar-refractivity contribution in [1.29, 1.82) is 0 Å². The molecule has 0 aromatic rings. The Morgan fingerprint density at radius 2 is 1.20 bits per heavy atom. The molecule has 0 radical (unpaired) electrons. The summed E-state index contributed by atoms with van der Waals surface area (Å²) in [7, 11) is 0. The molecule has 32 valence electrons. The van der Waals surface area contributed by atoms with Crippen LogP contribution in [-0.4, -0.2) is 13.1 Å². The van der Waals surface area contributed by atoms with Gasteiger partial charge in [-0.2, -0.15) is 13.1 Å². The third kappa shape index (κ3) is 12.8. The van der Waals surface area contributed by atoms with Gasteiger partial charge in [0.1, 0.15) is 0 Å². The van der Waals surface area contributed by atoms with E-state index >= 15 is 0 Å². The minimum absolute atomic E-state index is 0. The van der Waals surface area contributed by atoms with Crippen LogP contribution in [0.3, 0.4) is 0 Å². The minimum Gasteiger partial charge on any atom is -0.679 e. The summed E-state index contributed by atoms with van der Waals surface area (Å²) >= 11 is 0. The van der Waals surface area contributed by atoms with Crippen molar-refractivity contribution >= 4 is 0 Å². The summed E-state index contributed by atoms with van der Waals surface area (Å²) in [6.07, 6.45) is 0. The second-order valence-electron chi connectivity index (χ2n) is 0.500. The van der Waals surface area contributed by atoms with Crippen molar-refractivity contribution in [3.05, 3.63) is 11.5 Å². The molecule has 0 aromatic heterocycles. The number of nitrogens with one attached hydrogen (secondary N) is 2. The third-order valence-corrected chi connectivity index (χ3v) is 0.125. The average Bonchev–Trinajstić information content (AvgIpc) is 1.37. The second-order valence-corrected chi connectivity index (χ2v) is 0.500. The maximum Gasteiger partial charge on any atom is 2.00 e. The van der Waals surface area contributed by atoms with Crippen molar-refractivity contribution in [2.24, 2.45) is 0 Å². The predicted molar refractivity (Wildman–Crippen MR) is 18.4 cm³/mol. The fourth-order valence-corrected chi connectivity index (χ4v) is 0. The van der Waals surface area contributed by atoms with Gasteiger partial charge in [0.15, 0.2) is 0 Å². The monoisotopic (exact) mass is 114 g/mol. The largest absolute Gasteiger partial charge is 2.00 e. The van der Waals surface area contributed by atoms with E-state index in [1.807, 2.05) is 0 Å². The molecule has 5 heavy (non-hydrogen) atoms. The van der Waals surface area contributed by atoms with Crippen LogP contribution in [0.15, 0.2) is 0 Å². The van der Waals surface area contributed by atoms with Gasteiger partial charge in [0.05, 0.1) is 0 Å². The van der Waals surface area contributed by atoms with Crippen LogP contribution >= 0.6 is 0 Å². The Morgan fingerprint density at radius 3 is 1.20 bits per heavy atom. The molecular weight excluding hydrogens is 108 g/mol.